The molecule has 0 fully saturated rings. The van der Waals surface area contributed by atoms with Crippen LogP contribution in [0, 0.1) is 5.92 Å². The van der Waals surface area contributed by atoms with E-state index in [1.807, 2.05) is 11.8 Å². The molecule has 2 aromatic rings. The Hall–Kier alpha value is -0.520. The lowest BCUT2D eigenvalue weighted by atomic mass is 10.2. The van der Waals surface area contributed by atoms with Gasteiger partial charge in [0.1, 0.15) is 5.03 Å². The van der Waals surface area contributed by atoms with Gasteiger partial charge in [-0.15, -0.1) is 23.1 Å². The number of aromatic nitrogens is 2. The zero-order valence-corrected chi connectivity index (χ0v) is 12.9. The predicted molar refractivity (Wildman–Crippen MR) is 80.6 cm³/mol. The molecule has 0 amide bonds. The fraction of sp³-hybridized carbons (Fsp3) is 0.615. The monoisotopic (exact) mass is 283 g/mol. The smallest absolute Gasteiger partial charge is 0.194 e. The zero-order chi connectivity index (χ0) is 13.1. The second-order valence-electron chi connectivity index (χ2n) is 4.93. The molecule has 3 nitrogen and oxygen atoms in total. The second-order valence-corrected chi connectivity index (χ2v) is 6.81. The van der Waals surface area contributed by atoms with Gasteiger partial charge >= 0.3 is 0 Å². The van der Waals surface area contributed by atoms with E-state index < -0.39 is 0 Å². The molecular weight excluding hydrogens is 262 g/mol. The maximum atomic E-state index is 5.95. The highest BCUT2D eigenvalue weighted by atomic mass is 32.2. The number of hydrogen-bond acceptors (Lipinski definition) is 4. The first-order valence-corrected chi connectivity index (χ1v) is 8.31. The number of imidazole rings is 1. The minimum Gasteiger partial charge on any atom is -0.328 e. The van der Waals surface area contributed by atoms with E-state index in [1.165, 1.54) is 17.1 Å². The summed E-state index contributed by atoms with van der Waals surface area (Å²) in [4.78, 5) is 5.80. The third-order valence-electron chi connectivity index (χ3n) is 3.04. The van der Waals surface area contributed by atoms with Crippen molar-refractivity contribution in [1.82, 2.24) is 9.38 Å². The molecule has 2 heterocycles. The number of thiazole rings is 1. The van der Waals surface area contributed by atoms with Gasteiger partial charge in [0.05, 0.1) is 5.69 Å². The fourth-order valence-corrected chi connectivity index (χ4v) is 3.73. The summed E-state index contributed by atoms with van der Waals surface area (Å²) in [6.07, 6.45) is 4.20. The molecule has 2 aromatic heterocycles. The van der Waals surface area contributed by atoms with Gasteiger partial charge in [-0.05, 0) is 12.8 Å². The van der Waals surface area contributed by atoms with Gasteiger partial charge in [-0.25, -0.2) is 4.98 Å². The molecule has 0 bridgehead atoms. The van der Waals surface area contributed by atoms with E-state index >= 15 is 0 Å². The summed E-state index contributed by atoms with van der Waals surface area (Å²) in [5, 5.41) is 3.25. The van der Waals surface area contributed by atoms with Crippen molar-refractivity contribution < 1.29 is 0 Å². The molecule has 2 rings (SSSR count). The minimum absolute atomic E-state index is 0.174. The number of thioether (sulfide) groups is 1. The Bertz CT molecular complexity index is 501. The standard InChI is InChI=1S/C13H21N3S2/c1-4-9(2)8-18-12-11(7-10(3)14)16-5-6-17-13(16)15-12/h5-6,9-10H,4,7-8,14H2,1-3H3. The fourth-order valence-electron chi connectivity index (χ4n) is 1.76. The quantitative estimate of drug-likeness (QED) is 0.826. The van der Waals surface area contributed by atoms with Gasteiger partial charge in [0, 0.05) is 29.8 Å². The van der Waals surface area contributed by atoms with E-state index in [4.69, 9.17) is 10.7 Å². The highest BCUT2D eigenvalue weighted by molar-refractivity contribution is 7.99. The summed E-state index contributed by atoms with van der Waals surface area (Å²) in [6, 6.07) is 0.174. The van der Waals surface area contributed by atoms with E-state index in [0.29, 0.717) is 0 Å². The molecule has 0 aromatic carbocycles. The van der Waals surface area contributed by atoms with Gasteiger partial charge in [-0.1, -0.05) is 20.3 Å². The molecule has 0 radical (unpaired) electrons. The topological polar surface area (TPSA) is 43.3 Å². The zero-order valence-electron chi connectivity index (χ0n) is 11.2. The van der Waals surface area contributed by atoms with E-state index in [9.17, 15) is 0 Å². The Kier molecular flexibility index (Phi) is 4.70. The van der Waals surface area contributed by atoms with Crippen molar-refractivity contribution in [3.8, 4) is 0 Å². The average Bonchev–Trinajstić information content (AvgIpc) is 2.88. The van der Waals surface area contributed by atoms with Crippen LogP contribution >= 0.6 is 23.1 Å². The highest BCUT2D eigenvalue weighted by Crippen LogP contribution is 2.28. The van der Waals surface area contributed by atoms with Crippen molar-refractivity contribution in [2.75, 3.05) is 5.75 Å². The van der Waals surface area contributed by atoms with Crippen LogP contribution in [-0.2, 0) is 6.42 Å². The molecule has 0 aliphatic rings. The summed E-state index contributed by atoms with van der Waals surface area (Å²) >= 11 is 3.56. The predicted octanol–water partition coefficient (Wildman–Crippen LogP) is 3.42. The minimum atomic E-state index is 0.174. The molecule has 0 saturated carbocycles. The molecule has 0 aliphatic carbocycles. The van der Waals surface area contributed by atoms with Gasteiger partial charge < -0.3 is 5.73 Å². The molecular formula is C13H21N3S2. The van der Waals surface area contributed by atoms with E-state index in [-0.39, 0.29) is 6.04 Å². The number of hydrogen-bond donors (Lipinski definition) is 1. The summed E-state index contributed by atoms with van der Waals surface area (Å²) in [5.41, 5.74) is 7.22. The van der Waals surface area contributed by atoms with Crippen molar-refractivity contribution in [3.63, 3.8) is 0 Å². The lowest BCUT2D eigenvalue weighted by Gasteiger charge is -2.09. The van der Waals surface area contributed by atoms with Crippen LogP contribution in [0.15, 0.2) is 16.6 Å². The number of rotatable bonds is 6. The van der Waals surface area contributed by atoms with Gasteiger partial charge in [0.25, 0.3) is 0 Å². The molecule has 2 atom stereocenters. The third kappa shape index (κ3) is 3.08. The molecule has 2 N–H and O–H groups in total. The summed E-state index contributed by atoms with van der Waals surface area (Å²) in [5.74, 6) is 1.87. The Balaban J connectivity index is 2.22. The van der Waals surface area contributed by atoms with E-state index in [1.54, 1.807) is 11.3 Å². The lowest BCUT2D eigenvalue weighted by Crippen LogP contribution is -2.19. The molecule has 0 spiro atoms. The van der Waals surface area contributed by atoms with Crippen LogP contribution in [0.4, 0.5) is 0 Å². The summed E-state index contributed by atoms with van der Waals surface area (Å²) in [6.45, 7) is 6.57. The first-order valence-electron chi connectivity index (χ1n) is 6.44. The molecule has 18 heavy (non-hydrogen) atoms. The van der Waals surface area contributed by atoms with Crippen LogP contribution in [0.1, 0.15) is 32.9 Å². The van der Waals surface area contributed by atoms with Crippen molar-refractivity contribution in [2.45, 2.75) is 44.7 Å². The van der Waals surface area contributed by atoms with Crippen molar-refractivity contribution >= 4 is 28.1 Å². The highest BCUT2D eigenvalue weighted by Gasteiger charge is 2.15. The van der Waals surface area contributed by atoms with E-state index in [0.717, 1.165) is 23.1 Å². The first kappa shape index (κ1) is 13.9. The molecule has 0 aliphatic heterocycles. The Labute approximate surface area is 117 Å². The normalized spacial score (nSPS) is 15.1. The van der Waals surface area contributed by atoms with Crippen LogP contribution in [0.2, 0.25) is 0 Å². The Morgan fingerprint density at radius 3 is 2.94 bits per heavy atom. The second kappa shape index (κ2) is 6.08. The maximum Gasteiger partial charge on any atom is 0.194 e. The van der Waals surface area contributed by atoms with Gasteiger partial charge in [-0.3, -0.25) is 4.40 Å². The summed E-state index contributed by atoms with van der Waals surface area (Å²) < 4.78 is 2.19. The maximum absolute atomic E-state index is 5.95. The average molecular weight is 283 g/mol. The molecule has 2 unspecified atom stereocenters. The van der Waals surface area contributed by atoms with Crippen LogP contribution < -0.4 is 5.73 Å². The molecule has 0 saturated heterocycles. The Morgan fingerprint density at radius 1 is 1.50 bits per heavy atom. The molecule has 100 valence electrons. The molecule has 5 heteroatoms. The van der Waals surface area contributed by atoms with Crippen molar-refractivity contribution in [2.24, 2.45) is 11.7 Å². The van der Waals surface area contributed by atoms with Crippen molar-refractivity contribution in [1.29, 1.82) is 0 Å². The van der Waals surface area contributed by atoms with E-state index in [2.05, 4.69) is 36.7 Å². The first-order chi connectivity index (χ1) is 8.61. The number of fused-ring (bicyclic) bond motifs is 1. The lowest BCUT2D eigenvalue weighted by molar-refractivity contribution is 0.636. The Morgan fingerprint density at radius 2 is 2.28 bits per heavy atom. The number of nitrogens with two attached hydrogens (primary N) is 1. The largest absolute Gasteiger partial charge is 0.328 e. The van der Waals surface area contributed by atoms with Crippen LogP contribution in [0.3, 0.4) is 0 Å². The third-order valence-corrected chi connectivity index (χ3v) is 5.13. The van der Waals surface area contributed by atoms with Crippen LogP contribution in [0.5, 0.6) is 0 Å². The number of nitrogens with zero attached hydrogens (tertiary/aromatic N) is 2. The van der Waals surface area contributed by atoms with Gasteiger partial charge in [-0.2, -0.15) is 0 Å². The van der Waals surface area contributed by atoms with Gasteiger partial charge in [0.2, 0.25) is 0 Å². The van der Waals surface area contributed by atoms with Crippen LogP contribution in [-0.4, -0.2) is 21.2 Å². The summed E-state index contributed by atoms with van der Waals surface area (Å²) in [7, 11) is 0. The van der Waals surface area contributed by atoms with Crippen LogP contribution in [0.25, 0.3) is 4.96 Å². The van der Waals surface area contributed by atoms with Gasteiger partial charge in [0.15, 0.2) is 4.96 Å². The van der Waals surface area contributed by atoms with Crippen molar-refractivity contribution in [3.05, 3.63) is 17.3 Å². The SMILES string of the molecule is CCC(C)CSc1nc2sccn2c1CC(C)N.